The molecule has 0 saturated carbocycles. The van der Waals surface area contributed by atoms with Crippen molar-refractivity contribution in [1.29, 1.82) is 0 Å². The highest BCUT2D eigenvalue weighted by atomic mass is 32.2. The lowest BCUT2D eigenvalue weighted by molar-refractivity contribution is 0.358. The van der Waals surface area contributed by atoms with E-state index in [0.29, 0.717) is 0 Å². The second kappa shape index (κ2) is 3.20. The highest BCUT2D eigenvalue weighted by Gasteiger charge is 2.11. The van der Waals surface area contributed by atoms with Crippen molar-refractivity contribution in [3.63, 3.8) is 0 Å². The van der Waals surface area contributed by atoms with Gasteiger partial charge in [-0.2, -0.15) is 0 Å². The fourth-order valence-corrected chi connectivity index (χ4v) is 1.42. The third-order valence-electron chi connectivity index (χ3n) is 1.34. The number of hydrogen-bond acceptors (Lipinski definition) is 3. The third kappa shape index (κ3) is 1.80. The van der Waals surface area contributed by atoms with Gasteiger partial charge in [0.15, 0.2) is 0 Å². The predicted molar refractivity (Wildman–Crippen MR) is 40.7 cm³/mol. The first-order chi connectivity index (χ1) is 5.56. The van der Waals surface area contributed by atoms with Gasteiger partial charge in [-0.05, 0) is 24.3 Å². The van der Waals surface area contributed by atoms with E-state index < -0.39 is 21.6 Å². The molecule has 1 aromatic carbocycles. The van der Waals surface area contributed by atoms with Crippen LogP contribution in [0.5, 0.6) is 0 Å². The Balaban J connectivity index is 3.14. The quantitative estimate of drug-likeness (QED) is 0.693. The molecule has 0 amide bonds. The molecule has 5 heteroatoms. The average Bonchev–Trinajstić information content (AvgIpc) is 2.05. The summed E-state index contributed by atoms with van der Waals surface area (Å²) in [6.07, 6.45) is 0. The van der Waals surface area contributed by atoms with Crippen molar-refractivity contribution in [1.82, 2.24) is 0 Å². The molecule has 0 fully saturated rings. The highest BCUT2D eigenvalue weighted by molar-refractivity contribution is 7.91. The van der Waals surface area contributed by atoms with Gasteiger partial charge >= 0.3 is 0 Å². The molecule has 0 unspecified atom stereocenters. The van der Waals surface area contributed by atoms with Crippen molar-refractivity contribution in [3.8, 4) is 0 Å². The molecular weight excluding hydrogens is 183 g/mol. The van der Waals surface area contributed by atoms with Crippen LogP contribution >= 0.6 is 0 Å². The topological polar surface area (TPSA) is 54.4 Å². The van der Waals surface area contributed by atoms with Crippen LogP contribution in [0.25, 0.3) is 0 Å². The number of halogens is 1. The van der Waals surface area contributed by atoms with Crippen molar-refractivity contribution in [2.75, 3.05) is 5.94 Å². The molecule has 1 N–H and O–H groups in total. The normalized spacial score (nSPS) is 11.5. The second-order valence-electron chi connectivity index (χ2n) is 2.20. The molecule has 0 radical (unpaired) electrons. The molecule has 0 aromatic heterocycles. The number of aliphatic hydroxyl groups is 1. The molecule has 0 atom stereocenters. The minimum absolute atomic E-state index is 0.0774. The van der Waals surface area contributed by atoms with Crippen molar-refractivity contribution < 1.29 is 17.9 Å². The lowest BCUT2D eigenvalue weighted by Gasteiger charge is -1.98. The zero-order chi connectivity index (χ0) is 9.19. The molecule has 66 valence electrons. The summed E-state index contributed by atoms with van der Waals surface area (Å²) in [5.41, 5.74) is 0. The lowest BCUT2D eigenvalue weighted by atomic mass is 10.4. The van der Waals surface area contributed by atoms with Crippen LogP contribution in [-0.4, -0.2) is 19.5 Å². The Morgan fingerprint density at radius 3 is 2.17 bits per heavy atom. The molecular formula is C7H7FO3S. The molecule has 0 saturated heterocycles. The zero-order valence-electron chi connectivity index (χ0n) is 6.07. The summed E-state index contributed by atoms with van der Waals surface area (Å²) in [7, 11) is -3.63. The summed E-state index contributed by atoms with van der Waals surface area (Å²) in [5.74, 6) is -1.47. The second-order valence-corrected chi connectivity index (χ2v) is 4.16. The summed E-state index contributed by atoms with van der Waals surface area (Å²) in [4.78, 5) is -0.0774. The fraction of sp³-hybridized carbons (Fsp3) is 0.143. The van der Waals surface area contributed by atoms with Gasteiger partial charge in [0.2, 0.25) is 9.84 Å². The van der Waals surface area contributed by atoms with E-state index in [1.54, 1.807) is 0 Å². The Hall–Kier alpha value is -0.940. The monoisotopic (exact) mass is 190 g/mol. The molecule has 0 bridgehead atoms. The summed E-state index contributed by atoms with van der Waals surface area (Å²) in [5, 5.41) is 8.44. The largest absolute Gasteiger partial charge is 0.380 e. The summed E-state index contributed by atoms with van der Waals surface area (Å²) in [6, 6.07) is 4.28. The Kier molecular flexibility index (Phi) is 2.44. The van der Waals surface area contributed by atoms with Crippen LogP contribution in [0.1, 0.15) is 0 Å². The smallest absolute Gasteiger partial charge is 0.202 e. The lowest BCUT2D eigenvalue weighted by Crippen LogP contribution is -2.05. The van der Waals surface area contributed by atoms with Gasteiger partial charge in [0.25, 0.3) is 0 Å². The van der Waals surface area contributed by atoms with E-state index in [1.807, 2.05) is 0 Å². The van der Waals surface area contributed by atoms with E-state index in [1.165, 1.54) is 0 Å². The predicted octanol–water partition coefficient (Wildman–Crippen LogP) is 0.549. The van der Waals surface area contributed by atoms with E-state index in [4.69, 9.17) is 5.11 Å². The Labute approximate surface area is 69.4 Å². The van der Waals surface area contributed by atoms with Crippen LogP contribution in [0, 0.1) is 5.82 Å². The molecule has 0 heterocycles. The first-order valence-corrected chi connectivity index (χ1v) is 4.80. The van der Waals surface area contributed by atoms with Crippen LogP contribution in [0.15, 0.2) is 29.2 Å². The standard InChI is InChI=1S/C7H7FO3S/c8-6-1-3-7(4-2-6)12(10,11)5-9/h1-4,9H,5H2. The summed E-state index contributed by atoms with van der Waals surface area (Å²) in [6.45, 7) is 0. The first kappa shape index (κ1) is 9.15. The van der Waals surface area contributed by atoms with E-state index in [2.05, 4.69) is 0 Å². The fourth-order valence-electron chi connectivity index (χ4n) is 0.716. The molecule has 12 heavy (non-hydrogen) atoms. The number of aliphatic hydroxyl groups excluding tert-OH is 1. The van der Waals surface area contributed by atoms with Gasteiger partial charge < -0.3 is 5.11 Å². The minimum Gasteiger partial charge on any atom is -0.380 e. The summed E-state index contributed by atoms with van der Waals surface area (Å²) >= 11 is 0. The van der Waals surface area contributed by atoms with Gasteiger partial charge in [-0.1, -0.05) is 0 Å². The Bertz CT molecular complexity index is 355. The van der Waals surface area contributed by atoms with Crippen LogP contribution in [-0.2, 0) is 9.84 Å². The van der Waals surface area contributed by atoms with E-state index in [9.17, 15) is 12.8 Å². The van der Waals surface area contributed by atoms with Gasteiger partial charge in [0, 0.05) is 0 Å². The van der Waals surface area contributed by atoms with Gasteiger partial charge in [-0.3, -0.25) is 0 Å². The maximum atomic E-state index is 12.3. The van der Waals surface area contributed by atoms with E-state index >= 15 is 0 Å². The van der Waals surface area contributed by atoms with Crippen molar-refractivity contribution in [2.24, 2.45) is 0 Å². The molecule has 0 aliphatic heterocycles. The Morgan fingerprint density at radius 1 is 1.25 bits per heavy atom. The van der Waals surface area contributed by atoms with E-state index in [-0.39, 0.29) is 4.90 Å². The van der Waals surface area contributed by atoms with Gasteiger partial charge in [-0.25, -0.2) is 12.8 Å². The number of benzene rings is 1. The van der Waals surface area contributed by atoms with Crippen molar-refractivity contribution in [2.45, 2.75) is 4.90 Å². The SMILES string of the molecule is O=S(=O)(CO)c1ccc(F)cc1. The minimum atomic E-state index is -3.63. The van der Waals surface area contributed by atoms with Crippen molar-refractivity contribution in [3.05, 3.63) is 30.1 Å². The molecule has 0 spiro atoms. The van der Waals surface area contributed by atoms with Crippen LogP contribution in [0.2, 0.25) is 0 Å². The molecule has 1 aromatic rings. The van der Waals surface area contributed by atoms with Crippen LogP contribution in [0.3, 0.4) is 0 Å². The molecule has 3 nitrogen and oxygen atoms in total. The Morgan fingerprint density at radius 2 is 1.75 bits per heavy atom. The van der Waals surface area contributed by atoms with Crippen LogP contribution in [0.4, 0.5) is 4.39 Å². The first-order valence-electron chi connectivity index (χ1n) is 3.15. The molecule has 0 aliphatic carbocycles. The number of rotatable bonds is 2. The number of sulfone groups is 1. The highest BCUT2D eigenvalue weighted by Crippen LogP contribution is 2.10. The maximum Gasteiger partial charge on any atom is 0.202 e. The van der Waals surface area contributed by atoms with Gasteiger partial charge in [0.05, 0.1) is 4.90 Å². The zero-order valence-corrected chi connectivity index (χ0v) is 6.88. The summed E-state index contributed by atoms with van der Waals surface area (Å²) < 4.78 is 34.2. The van der Waals surface area contributed by atoms with Gasteiger partial charge in [-0.15, -0.1) is 0 Å². The maximum absolute atomic E-state index is 12.3. The third-order valence-corrected chi connectivity index (χ3v) is 2.67. The van der Waals surface area contributed by atoms with Crippen molar-refractivity contribution >= 4 is 9.84 Å². The molecule has 1 rings (SSSR count). The molecule has 0 aliphatic rings. The van der Waals surface area contributed by atoms with E-state index in [0.717, 1.165) is 24.3 Å². The van der Waals surface area contributed by atoms with Crippen LogP contribution < -0.4 is 0 Å². The number of hydrogen-bond donors (Lipinski definition) is 1. The van der Waals surface area contributed by atoms with Gasteiger partial charge in [0.1, 0.15) is 11.8 Å². The average molecular weight is 190 g/mol.